The quantitative estimate of drug-likeness (QED) is 0.661. The number of sulfone groups is 1. The second-order valence-corrected chi connectivity index (χ2v) is 8.04. The summed E-state index contributed by atoms with van der Waals surface area (Å²) in [7, 11) is -3.65. The van der Waals surface area contributed by atoms with Crippen molar-refractivity contribution in [1.82, 2.24) is 9.97 Å². The number of fused-ring (bicyclic) bond motifs is 1. The summed E-state index contributed by atoms with van der Waals surface area (Å²) in [5.74, 6) is -0.238. The van der Waals surface area contributed by atoms with Crippen molar-refractivity contribution in [3.8, 4) is 0 Å². The third-order valence-corrected chi connectivity index (χ3v) is 5.66. The summed E-state index contributed by atoms with van der Waals surface area (Å²) in [6.07, 6.45) is 1.23. The van der Waals surface area contributed by atoms with Gasteiger partial charge in [-0.1, -0.05) is 40.9 Å². The minimum atomic E-state index is -3.65. The van der Waals surface area contributed by atoms with E-state index in [0.29, 0.717) is 31.7 Å². The summed E-state index contributed by atoms with van der Waals surface area (Å²) in [6, 6.07) is 9.58. The van der Waals surface area contributed by atoms with Crippen LogP contribution < -0.4 is 0 Å². The molecular weight excluding hydrogens is 379 g/mol. The lowest BCUT2D eigenvalue weighted by atomic mass is 10.2. The fraction of sp³-hybridized carbons (Fsp3) is 0.0667. The van der Waals surface area contributed by atoms with Gasteiger partial charge in [-0.15, -0.1) is 0 Å². The number of halogens is 3. The Balaban J connectivity index is 1.98. The van der Waals surface area contributed by atoms with Crippen LogP contribution in [-0.4, -0.2) is 18.4 Å². The molecule has 0 unspecified atom stereocenters. The molecule has 1 aromatic heterocycles. The molecule has 0 saturated heterocycles. The molecule has 0 fully saturated rings. The van der Waals surface area contributed by atoms with Crippen molar-refractivity contribution in [3.05, 3.63) is 63.2 Å². The topological polar surface area (TPSA) is 59.9 Å². The lowest BCUT2D eigenvalue weighted by Crippen LogP contribution is -2.08. The first kappa shape index (κ1) is 16.5. The highest BCUT2D eigenvalue weighted by Gasteiger charge is 2.19. The molecule has 0 saturated carbocycles. The zero-order valence-electron chi connectivity index (χ0n) is 11.5. The molecule has 0 bridgehead atoms. The normalized spacial score (nSPS) is 11.8. The zero-order chi connectivity index (χ0) is 16.6. The van der Waals surface area contributed by atoms with Crippen molar-refractivity contribution in [2.24, 2.45) is 0 Å². The van der Waals surface area contributed by atoms with Crippen LogP contribution in [0.15, 0.2) is 47.6 Å². The number of benzene rings is 2. The van der Waals surface area contributed by atoms with Crippen LogP contribution in [0.1, 0.15) is 5.56 Å². The Hall–Kier alpha value is -1.40. The van der Waals surface area contributed by atoms with Crippen molar-refractivity contribution in [2.45, 2.75) is 10.8 Å². The monoisotopic (exact) mass is 386 g/mol. The van der Waals surface area contributed by atoms with Crippen LogP contribution in [0.5, 0.6) is 0 Å². The van der Waals surface area contributed by atoms with E-state index in [1.807, 2.05) is 0 Å². The van der Waals surface area contributed by atoms with Gasteiger partial charge in [-0.25, -0.2) is 13.4 Å². The highest BCUT2D eigenvalue weighted by Crippen LogP contribution is 2.25. The molecule has 3 rings (SSSR count). The van der Waals surface area contributed by atoms with Crippen LogP contribution in [0.25, 0.3) is 11.0 Å². The molecule has 0 amide bonds. The molecule has 8 heteroatoms. The van der Waals surface area contributed by atoms with Gasteiger partial charge in [-0.2, -0.15) is 0 Å². The predicted molar refractivity (Wildman–Crippen MR) is 91.9 cm³/mol. The first-order chi connectivity index (χ1) is 10.8. The molecule has 0 aliphatic rings. The van der Waals surface area contributed by atoms with Crippen LogP contribution in [0.2, 0.25) is 15.1 Å². The Bertz CT molecular complexity index is 1010. The van der Waals surface area contributed by atoms with Gasteiger partial charge in [-0.3, -0.25) is 4.98 Å². The van der Waals surface area contributed by atoms with E-state index in [1.54, 1.807) is 30.3 Å². The molecule has 0 spiro atoms. The summed E-state index contributed by atoms with van der Waals surface area (Å²) in [6.45, 7) is 0. The smallest absolute Gasteiger partial charge is 0.201 e. The van der Waals surface area contributed by atoms with Crippen LogP contribution in [0.4, 0.5) is 0 Å². The standard InChI is InChI=1S/C15H9Cl3N2O2S/c16-10-2-4-13-14(6-10)19-7-15(20-13)23(21,22)8-9-1-3-11(17)12(18)5-9/h1-7H,8H2. The molecule has 0 aliphatic carbocycles. The fourth-order valence-corrected chi connectivity index (χ4v) is 3.74. The average Bonchev–Trinajstić information content (AvgIpc) is 2.50. The van der Waals surface area contributed by atoms with Gasteiger partial charge in [0.15, 0.2) is 5.03 Å². The molecule has 4 nitrogen and oxygen atoms in total. The van der Waals surface area contributed by atoms with Crippen molar-refractivity contribution in [2.75, 3.05) is 0 Å². The number of aromatic nitrogens is 2. The molecule has 118 valence electrons. The Morgan fingerprint density at radius 3 is 2.43 bits per heavy atom. The molecule has 0 radical (unpaired) electrons. The van der Waals surface area contributed by atoms with Crippen molar-refractivity contribution < 1.29 is 8.42 Å². The van der Waals surface area contributed by atoms with E-state index in [4.69, 9.17) is 34.8 Å². The van der Waals surface area contributed by atoms with E-state index in [1.165, 1.54) is 12.3 Å². The Kier molecular flexibility index (Phi) is 4.47. The van der Waals surface area contributed by atoms with E-state index < -0.39 is 9.84 Å². The maximum Gasteiger partial charge on any atom is 0.201 e. The number of hydrogen-bond acceptors (Lipinski definition) is 4. The van der Waals surface area contributed by atoms with Gasteiger partial charge in [-0.05, 0) is 35.9 Å². The molecule has 0 N–H and O–H groups in total. The fourth-order valence-electron chi connectivity index (χ4n) is 2.04. The highest BCUT2D eigenvalue weighted by atomic mass is 35.5. The van der Waals surface area contributed by atoms with Crippen LogP contribution in [-0.2, 0) is 15.6 Å². The zero-order valence-corrected chi connectivity index (χ0v) is 14.6. The summed E-state index contributed by atoms with van der Waals surface area (Å²) < 4.78 is 25.0. The number of rotatable bonds is 3. The van der Waals surface area contributed by atoms with E-state index >= 15 is 0 Å². The van der Waals surface area contributed by atoms with E-state index in [0.717, 1.165) is 0 Å². The summed E-state index contributed by atoms with van der Waals surface area (Å²) in [5, 5.41) is 1.09. The maximum absolute atomic E-state index is 12.5. The maximum atomic E-state index is 12.5. The minimum absolute atomic E-state index is 0.0987. The van der Waals surface area contributed by atoms with Gasteiger partial charge in [0.05, 0.1) is 33.0 Å². The van der Waals surface area contributed by atoms with E-state index in [2.05, 4.69) is 9.97 Å². The third kappa shape index (κ3) is 3.58. The van der Waals surface area contributed by atoms with Gasteiger partial charge in [0.25, 0.3) is 0 Å². The lowest BCUT2D eigenvalue weighted by Gasteiger charge is -2.06. The van der Waals surface area contributed by atoms with Crippen molar-refractivity contribution in [3.63, 3.8) is 0 Å². The minimum Gasteiger partial charge on any atom is -0.252 e. The van der Waals surface area contributed by atoms with Crippen molar-refractivity contribution >= 4 is 55.7 Å². The lowest BCUT2D eigenvalue weighted by molar-refractivity contribution is 0.591. The van der Waals surface area contributed by atoms with Gasteiger partial charge >= 0.3 is 0 Å². The molecule has 3 aromatic rings. The van der Waals surface area contributed by atoms with E-state index in [-0.39, 0.29) is 10.8 Å². The number of hydrogen-bond donors (Lipinski definition) is 0. The van der Waals surface area contributed by atoms with Crippen LogP contribution >= 0.6 is 34.8 Å². The largest absolute Gasteiger partial charge is 0.252 e. The molecule has 1 heterocycles. The summed E-state index contributed by atoms with van der Waals surface area (Å²) in [5.41, 5.74) is 1.52. The van der Waals surface area contributed by atoms with Gasteiger partial charge < -0.3 is 0 Å². The van der Waals surface area contributed by atoms with Crippen molar-refractivity contribution in [1.29, 1.82) is 0 Å². The number of nitrogens with zero attached hydrogens (tertiary/aromatic N) is 2. The van der Waals surface area contributed by atoms with Crippen LogP contribution in [0.3, 0.4) is 0 Å². The first-order valence-electron chi connectivity index (χ1n) is 6.44. The molecule has 0 atom stereocenters. The second kappa shape index (κ2) is 6.24. The Morgan fingerprint density at radius 2 is 1.70 bits per heavy atom. The van der Waals surface area contributed by atoms with Crippen LogP contribution in [0, 0.1) is 0 Å². The van der Waals surface area contributed by atoms with Gasteiger partial charge in [0.1, 0.15) is 0 Å². The Labute approximate surface area is 148 Å². The second-order valence-electron chi connectivity index (χ2n) is 4.85. The SMILES string of the molecule is O=S(=O)(Cc1ccc(Cl)c(Cl)c1)c1cnc2cc(Cl)ccc2n1. The summed E-state index contributed by atoms with van der Waals surface area (Å²) >= 11 is 17.6. The molecule has 0 aliphatic heterocycles. The van der Waals surface area contributed by atoms with Gasteiger partial charge in [0.2, 0.25) is 9.84 Å². The summed E-state index contributed by atoms with van der Waals surface area (Å²) in [4.78, 5) is 8.26. The average molecular weight is 388 g/mol. The third-order valence-electron chi connectivity index (χ3n) is 3.14. The highest BCUT2D eigenvalue weighted by molar-refractivity contribution is 7.90. The molecule has 2 aromatic carbocycles. The van der Waals surface area contributed by atoms with E-state index in [9.17, 15) is 8.42 Å². The van der Waals surface area contributed by atoms with Gasteiger partial charge in [0, 0.05) is 5.02 Å². The first-order valence-corrected chi connectivity index (χ1v) is 9.23. The molecular formula is C15H9Cl3N2O2S. The molecule has 23 heavy (non-hydrogen) atoms. The Morgan fingerprint density at radius 1 is 0.913 bits per heavy atom. The predicted octanol–water partition coefficient (Wildman–Crippen LogP) is 4.56.